The number of carbonyl (C=O) groups is 2. The first-order valence-corrected chi connectivity index (χ1v) is 16.1. The third-order valence-electron chi connectivity index (χ3n) is 10.7. The number of fused-ring (bicyclic) bond motifs is 2. The van der Waals surface area contributed by atoms with E-state index in [-0.39, 0.29) is 23.3 Å². The fourth-order valence-electron chi connectivity index (χ4n) is 7.59. The summed E-state index contributed by atoms with van der Waals surface area (Å²) in [7, 11) is 0. The zero-order chi connectivity index (χ0) is 29.7. The SMILES string of the molecule is Cc1c(C(=O)NCC2(C(=O)O)CCOCC2)cc(-c2cc(C(C)(C)C)c3c(c2)C2(CCO3)CC2)n1CC1CCCCC1. The minimum atomic E-state index is -0.978. The average Bonchev–Trinajstić information content (AvgIpc) is 3.67. The van der Waals surface area contributed by atoms with E-state index in [1.807, 2.05) is 0 Å². The summed E-state index contributed by atoms with van der Waals surface area (Å²) in [6.07, 6.45) is 10.6. The summed E-state index contributed by atoms with van der Waals surface area (Å²) in [6, 6.07) is 6.71. The summed E-state index contributed by atoms with van der Waals surface area (Å²) < 4.78 is 14.2. The largest absolute Gasteiger partial charge is 0.493 e. The lowest BCUT2D eigenvalue weighted by molar-refractivity contribution is -0.154. The summed E-state index contributed by atoms with van der Waals surface area (Å²) >= 11 is 0. The fraction of sp³-hybridized carbons (Fsp3) is 0.657. The molecule has 1 amide bonds. The molecule has 3 heterocycles. The highest BCUT2D eigenvalue weighted by atomic mass is 16.5. The third-order valence-corrected chi connectivity index (χ3v) is 10.7. The number of carboxylic acid groups (broad SMARTS) is 1. The Morgan fingerprint density at radius 2 is 1.71 bits per heavy atom. The second-order valence-electron chi connectivity index (χ2n) is 14.6. The summed E-state index contributed by atoms with van der Waals surface area (Å²) in [6.45, 7) is 11.4. The van der Waals surface area contributed by atoms with E-state index >= 15 is 0 Å². The van der Waals surface area contributed by atoms with Crippen LogP contribution >= 0.6 is 0 Å². The van der Waals surface area contributed by atoms with Gasteiger partial charge in [-0.05, 0) is 87.0 Å². The van der Waals surface area contributed by atoms with Crippen molar-refractivity contribution in [1.29, 1.82) is 0 Å². The van der Waals surface area contributed by atoms with Crippen LogP contribution in [0.5, 0.6) is 5.75 Å². The first-order chi connectivity index (χ1) is 20.0. The molecule has 0 atom stereocenters. The van der Waals surface area contributed by atoms with Gasteiger partial charge in [0.1, 0.15) is 5.75 Å². The first kappa shape index (κ1) is 29.3. The number of ether oxygens (including phenoxy) is 2. The lowest BCUT2D eigenvalue weighted by Gasteiger charge is -2.33. The van der Waals surface area contributed by atoms with Gasteiger partial charge in [-0.25, -0.2) is 0 Å². The number of rotatable bonds is 7. The quantitative estimate of drug-likeness (QED) is 0.380. The van der Waals surface area contributed by atoms with Gasteiger partial charge in [0, 0.05) is 54.2 Å². The number of aliphatic carboxylic acids is 1. The first-order valence-electron chi connectivity index (χ1n) is 16.1. The summed E-state index contributed by atoms with van der Waals surface area (Å²) in [5.74, 6) is 0.609. The number of nitrogens with one attached hydrogen (secondary N) is 1. The molecule has 42 heavy (non-hydrogen) atoms. The standard InChI is InChI=1S/C35H48N2O5/c1-23-26(31(38)36-22-35(32(39)40)12-15-41-16-13-35)20-29(37(23)21-24-8-6-5-7-9-24)25-18-27(33(2,3)4)30-28(19-25)34(10-11-34)14-17-42-30/h18-20,24H,5-17,21-22H2,1-4H3,(H,36,38)(H,39,40). The zero-order valence-electron chi connectivity index (χ0n) is 25.9. The van der Waals surface area contributed by atoms with E-state index in [1.165, 1.54) is 56.1 Å². The smallest absolute Gasteiger partial charge is 0.311 e. The van der Waals surface area contributed by atoms with Crippen molar-refractivity contribution in [2.75, 3.05) is 26.4 Å². The van der Waals surface area contributed by atoms with Crippen LogP contribution in [0, 0.1) is 18.3 Å². The van der Waals surface area contributed by atoms with Crippen molar-refractivity contribution in [2.24, 2.45) is 11.3 Å². The van der Waals surface area contributed by atoms with Crippen molar-refractivity contribution in [3.8, 4) is 17.0 Å². The molecule has 1 aromatic carbocycles. The molecule has 6 rings (SSSR count). The normalized spacial score (nSPS) is 21.4. The molecule has 1 spiro atoms. The van der Waals surface area contributed by atoms with Crippen LogP contribution in [0.25, 0.3) is 11.3 Å². The maximum absolute atomic E-state index is 13.8. The molecule has 7 nitrogen and oxygen atoms in total. The predicted molar refractivity (Wildman–Crippen MR) is 163 cm³/mol. The highest BCUT2D eigenvalue weighted by molar-refractivity contribution is 5.97. The molecule has 2 aliphatic heterocycles. The monoisotopic (exact) mass is 576 g/mol. The Morgan fingerprint density at radius 1 is 1.00 bits per heavy atom. The zero-order valence-corrected chi connectivity index (χ0v) is 25.9. The Bertz CT molecular complexity index is 1330. The number of benzene rings is 1. The maximum atomic E-state index is 13.8. The van der Waals surface area contributed by atoms with Crippen LogP contribution in [0.15, 0.2) is 18.2 Å². The molecule has 2 N–H and O–H groups in total. The van der Waals surface area contributed by atoms with Crippen LogP contribution < -0.4 is 10.1 Å². The molecule has 1 aromatic heterocycles. The second kappa shape index (κ2) is 11.0. The van der Waals surface area contributed by atoms with E-state index in [0.717, 1.165) is 42.3 Å². The van der Waals surface area contributed by atoms with Gasteiger partial charge < -0.3 is 24.5 Å². The molecule has 0 radical (unpaired) electrons. The van der Waals surface area contributed by atoms with Gasteiger partial charge >= 0.3 is 5.97 Å². The molecular formula is C35H48N2O5. The molecule has 0 unspecified atom stereocenters. The van der Waals surface area contributed by atoms with Crippen LogP contribution in [-0.4, -0.2) is 47.9 Å². The van der Waals surface area contributed by atoms with Gasteiger partial charge in [0.15, 0.2) is 0 Å². The number of nitrogens with zero attached hydrogens (tertiary/aromatic N) is 1. The Labute approximate surface area is 250 Å². The molecule has 3 fully saturated rings. The van der Waals surface area contributed by atoms with Crippen molar-refractivity contribution in [2.45, 2.75) is 109 Å². The van der Waals surface area contributed by atoms with Gasteiger partial charge in [0.05, 0.1) is 17.6 Å². The molecule has 1 saturated heterocycles. The second-order valence-corrected chi connectivity index (χ2v) is 14.6. The number of hydrogen-bond donors (Lipinski definition) is 2. The third kappa shape index (κ3) is 5.38. The molecule has 228 valence electrons. The molecule has 7 heteroatoms. The van der Waals surface area contributed by atoms with Crippen molar-refractivity contribution in [3.05, 3.63) is 40.6 Å². The van der Waals surface area contributed by atoms with Crippen molar-refractivity contribution in [1.82, 2.24) is 9.88 Å². The minimum Gasteiger partial charge on any atom is -0.493 e. The van der Waals surface area contributed by atoms with E-state index in [2.05, 4.69) is 55.8 Å². The lowest BCUT2D eigenvalue weighted by Crippen LogP contribution is -2.46. The van der Waals surface area contributed by atoms with Crippen molar-refractivity contribution < 1.29 is 24.2 Å². The Morgan fingerprint density at radius 3 is 2.36 bits per heavy atom. The predicted octanol–water partition coefficient (Wildman–Crippen LogP) is 6.77. The van der Waals surface area contributed by atoms with Crippen LogP contribution in [-0.2, 0) is 26.9 Å². The number of aromatic nitrogens is 1. The molecular weight excluding hydrogens is 528 g/mol. The number of hydrogen-bond acceptors (Lipinski definition) is 4. The van der Waals surface area contributed by atoms with Gasteiger partial charge in [-0.3, -0.25) is 9.59 Å². The van der Waals surface area contributed by atoms with E-state index < -0.39 is 11.4 Å². The molecule has 4 aliphatic rings. The summed E-state index contributed by atoms with van der Waals surface area (Å²) in [5, 5.41) is 13.0. The average molecular weight is 577 g/mol. The fourth-order valence-corrected chi connectivity index (χ4v) is 7.59. The van der Waals surface area contributed by atoms with Crippen LogP contribution in [0.1, 0.15) is 112 Å². The van der Waals surface area contributed by atoms with Gasteiger partial charge in [0.25, 0.3) is 5.91 Å². The minimum absolute atomic E-state index is 0.0849. The molecule has 2 aliphatic carbocycles. The van der Waals surface area contributed by atoms with Crippen LogP contribution in [0.3, 0.4) is 0 Å². The summed E-state index contributed by atoms with van der Waals surface area (Å²) in [5.41, 5.74) is 5.57. The number of carboxylic acids is 1. The van der Waals surface area contributed by atoms with Gasteiger partial charge in [0.2, 0.25) is 0 Å². The number of carbonyl (C=O) groups excluding carboxylic acids is 1. The maximum Gasteiger partial charge on any atom is 0.311 e. The summed E-state index contributed by atoms with van der Waals surface area (Å²) in [4.78, 5) is 26.0. The van der Waals surface area contributed by atoms with Crippen molar-refractivity contribution in [3.63, 3.8) is 0 Å². The topological polar surface area (TPSA) is 89.8 Å². The highest BCUT2D eigenvalue weighted by Gasteiger charge is 2.49. The number of amides is 1. The molecule has 2 aromatic rings. The van der Waals surface area contributed by atoms with Crippen LogP contribution in [0.4, 0.5) is 0 Å². The van der Waals surface area contributed by atoms with Crippen LogP contribution in [0.2, 0.25) is 0 Å². The lowest BCUT2D eigenvalue weighted by atomic mass is 9.79. The molecule has 2 saturated carbocycles. The van der Waals surface area contributed by atoms with E-state index in [4.69, 9.17) is 9.47 Å². The van der Waals surface area contributed by atoms with E-state index in [0.29, 0.717) is 37.5 Å². The molecule has 0 bridgehead atoms. The Balaban J connectivity index is 1.40. The van der Waals surface area contributed by atoms with Gasteiger partial charge in [-0.15, -0.1) is 0 Å². The van der Waals surface area contributed by atoms with E-state index in [9.17, 15) is 14.7 Å². The van der Waals surface area contributed by atoms with Crippen molar-refractivity contribution >= 4 is 11.9 Å². The van der Waals surface area contributed by atoms with E-state index in [1.54, 1.807) is 0 Å². The Kier molecular flexibility index (Phi) is 7.70. The van der Waals surface area contributed by atoms with Gasteiger partial charge in [-0.2, -0.15) is 0 Å². The van der Waals surface area contributed by atoms with Gasteiger partial charge in [-0.1, -0.05) is 40.0 Å². The highest BCUT2D eigenvalue weighted by Crippen LogP contribution is 2.58. The Hall–Kier alpha value is -2.80.